The molecule has 0 saturated heterocycles. The van der Waals surface area contributed by atoms with Crippen LogP contribution in [-0.4, -0.2) is 39.4 Å². The zero-order valence-electron chi connectivity index (χ0n) is 45.5. The molecule has 4 rings (SSSR count). The molecule has 6 heteroatoms. The first kappa shape index (κ1) is 56.3. The molecule has 0 spiro atoms. The highest BCUT2D eigenvalue weighted by Crippen LogP contribution is 2.60. The summed E-state index contributed by atoms with van der Waals surface area (Å²) in [4.78, 5) is 27.2. The number of unbranched alkanes of at least 4 members (excludes halogenated alkanes) is 7. The Morgan fingerprint density at radius 3 is 1.14 bits per heavy atom. The molecule has 4 nitrogen and oxygen atoms in total. The molecular weight excluding hydrogens is 817 g/mol. The van der Waals surface area contributed by atoms with E-state index in [4.69, 9.17) is 8.85 Å². The molecule has 64 heavy (non-hydrogen) atoms. The van der Waals surface area contributed by atoms with Gasteiger partial charge < -0.3 is 8.85 Å². The van der Waals surface area contributed by atoms with Crippen molar-refractivity contribution in [3.05, 3.63) is 0 Å². The van der Waals surface area contributed by atoms with Gasteiger partial charge in [0.2, 0.25) is 0 Å². The summed E-state index contributed by atoms with van der Waals surface area (Å²) in [6.07, 6.45) is 29.5. The molecule has 10 atom stereocenters. The molecule has 4 saturated carbocycles. The third kappa shape index (κ3) is 14.6. The van der Waals surface area contributed by atoms with Gasteiger partial charge in [-0.2, -0.15) is 0 Å². The van der Waals surface area contributed by atoms with Crippen LogP contribution >= 0.6 is 0 Å². The van der Waals surface area contributed by atoms with Gasteiger partial charge in [-0.05, 0) is 162 Å². The van der Waals surface area contributed by atoms with E-state index in [1.54, 1.807) is 0 Å². The topological polar surface area (TPSA) is 52.6 Å². The minimum Gasteiger partial charge on any atom is -0.412 e. The zero-order valence-corrected chi connectivity index (χ0v) is 47.5. The van der Waals surface area contributed by atoms with Crippen LogP contribution in [0.1, 0.15) is 251 Å². The first-order valence-electron chi connectivity index (χ1n) is 28.7. The Labute approximate surface area is 401 Å². The molecule has 4 aliphatic carbocycles. The number of carbonyl (C=O) groups excluding carboxylic acids is 2. The average molecular weight is 928 g/mol. The Bertz CT molecular complexity index is 1280. The standard InChI is InChI=1S/C58H110O4Si2/c1-15-63(16-2,17-3)61-55(9,10)39-29-31-45(7)49-35-37-51-53(59)41-47(43-57(49,51)13)33-27-25-23-21-22-24-26-28-34-48-42-54(60)52-38-36-50(58(52,14)44-48)46(8)32-30-40-56(11,12)62-64(18-4,19-5)20-6/h45-52H,15-44H2,1-14H3/t45-,46-,47+,48+,49-,50-,51+,52+,57-,58-/m1/s1. The van der Waals surface area contributed by atoms with Gasteiger partial charge in [-0.3, -0.25) is 9.59 Å². The van der Waals surface area contributed by atoms with Crippen LogP contribution in [0.2, 0.25) is 36.3 Å². The van der Waals surface area contributed by atoms with E-state index >= 15 is 0 Å². The van der Waals surface area contributed by atoms with E-state index in [0.29, 0.717) is 58.9 Å². The highest BCUT2D eigenvalue weighted by atomic mass is 28.4. The SMILES string of the molecule is CC[Si](CC)(CC)OC(C)(C)CCC[C@@H](C)[C@H]1CC[C@H]2C(=O)C[C@H](CCCCCCCCCC[C@H]3CC(=O)[C@@H]4CC[C@H]([C@H](C)CCCC(C)(C)O[Si](CC)(CC)CC)[C@@]4(C)C3)C[C@]12C. The summed E-state index contributed by atoms with van der Waals surface area (Å²) in [5.74, 6) is 5.79. The lowest BCUT2D eigenvalue weighted by Crippen LogP contribution is -2.44. The summed E-state index contributed by atoms with van der Waals surface area (Å²) >= 11 is 0. The van der Waals surface area contributed by atoms with E-state index in [0.717, 1.165) is 38.5 Å². The quantitative estimate of drug-likeness (QED) is 0.0513. The number of fused-ring (bicyclic) bond motifs is 2. The van der Waals surface area contributed by atoms with Gasteiger partial charge in [-0.1, -0.05) is 159 Å². The first-order chi connectivity index (χ1) is 30.2. The lowest BCUT2D eigenvalue weighted by atomic mass is 9.58. The average Bonchev–Trinajstić information content (AvgIpc) is 3.79. The summed E-state index contributed by atoms with van der Waals surface area (Å²) in [7, 11) is -3.22. The van der Waals surface area contributed by atoms with Crippen LogP contribution in [-0.2, 0) is 18.4 Å². The summed E-state index contributed by atoms with van der Waals surface area (Å²) < 4.78 is 13.9. The number of hydrogen-bond acceptors (Lipinski definition) is 4. The minimum atomic E-state index is -1.61. The number of Topliss-reactive ketones (excluding diaryl/α,β-unsaturated/α-hetero) is 2. The molecule has 0 heterocycles. The van der Waals surface area contributed by atoms with Crippen molar-refractivity contribution in [3.63, 3.8) is 0 Å². The summed E-state index contributed by atoms with van der Waals surface area (Å²) in [5, 5.41) is 0. The predicted octanol–water partition coefficient (Wildman–Crippen LogP) is 18.1. The molecule has 0 amide bonds. The van der Waals surface area contributed by atoms with Gasteiger partial charge in [0.05, 0.1) is 11.2 Å². The smallest absolute Gasteiger partial charge is 0.192 e. The van der Waals surface area contributed by atoms with Crippen molar-refractivity contribution >= 4 is 28.2 Å². The Morgan fingerprint density at radius 1 is 0.516 bits per heavy atom. The van der Waals surface area contributed by atoms with E-state index in [2.05, 4.69) is 96.9 Å². The van der Waals surface area contributed by atoms with Crippen molar-refractivity contribution in [2.24, 2.45) is 58.2 Å². The van der Waals surface area contributed by atoms with Crippen LogP contribution in [0.3, 0.4) is 0 Å². The van der Waals surface area contributed by atoms with Gasteiger partial charge >= 0.3 is 0 Å². The summed E-state index contributed by atoms with van der Waals surface area (Å²) in [6, 6.07) is 7.33. The molecule has 0 aliphatic heterocycles. The second-order valence-corrected chi connectivity index (χ2v) is 34.7. The van der Waals surface area contributed by atoms with Gasteiger partial charge in [-0.25, -0.2) is 0 Å². The Morgan fingerprint density at radius 2 is 0.828 bits per heavy atom. The Kier molecular flexibility index (Phi) is 22.0. The fourth-order valence-corrected chi connectivity index (χ4v) is 22.3. The lowest BCUT2D eigenvalue weighted by molar-refractivity contribution is -0.133. The molecule has 0 aromatic rings. The van der Waals surface area contributed by atoms with Gasteiger partial charge in [0.15, 0.2) is 16.6 Å². The van der Waals surface area contributed by atoms with Crippen molar-refractivity contribution in [3.8, 4) is 0 Å². The monoisotopic (exact) mass is 927 g/mol. The number of ketones is 2. The van der Waals surface area contributed by atoms with Crippen LogP contribution in [0.5, 0.6) is 0 Å². The van der Waals surface area contributed by atoms with Crippen LogP contribution < -0.4 is 0 Å². The van der Waals surface area contributed by atoms with Crippen molar-refractivity contribution in [2.75, 3.05) is 0 Å². The second-order valence-electron chi connectivity index (χ2n) is 25.3. The molecule has 0 aromatic heterocycles. The van der Waals surface area contributed by atoms with Gasteiger partial charge in [0, 0.05) is 24.7 Å². The molecule has 0 N–H and O–H groups in total. The number of hydrogen-bond donors (Lipinski definition) is 0. The molecule has 0 bridgehead atoms. The van der Waals surface area contributed by atoms with E-state index in [1.807, 2.05) is 0 Å². The lowest BCUT2D eigenvalue weighted by Gasteiger charge is -2.45. The van der Waals surface area contributed by atoms with Crippen molar-refractivity contribution in [1.29, 1.82) is 0 Å². The van der Waals surface area contributed by atoms with Gasteiger partial charge in [-0.15, -0.1) is 0 Å². The molecule has 0 radical (unpaired) electrons. The highest BCUT2D eigenvalue weighted by Gasteiger charge is 2.55. The van der Waals surface area contributed by atoms with Crippen molar-refractivity contribution in [2.45, 2.75) is 298 Å². The maximum Gasteiger partial charge on any atom is 0.192 e. The molecule has 0 aromatic carbocycles. The summed E-state index contributed by atoms with van der Waals surface area (Å²) in [6.45, 7) is 33.5. The van der Waals surface area contributed by atoms with Crippen molar-refractivity contribution in [1.82, 2.24) is 0 Å². The van der Waals surface area contributed by atoms with E-state index < -0.39 is 16.6 Å². The normalized spacial score (nSPS) is 30.2. The second kappa shape index (κ2) is 25.0. The third-order valence-corrected chi connectivity index (χ3v) is 29.8. The third-order valence-electron chi connectivity index (χ3n) is 20.1. The minimum absolute atomic E-state index is 0.0256. The van der Waals surface area contributed by atoms with E-state index in [-0.39, 0.29) is 22.0 Å². The molecule has 4 fully saturated rings. The molecule has 0 unspecified atom stereocenters. The summed E-state index contributed by atoms with van der Waals surface area (Å²) in [5.41, 5.74) is 0.368. The number of carbonyl (C=O) groups is 2. The zero-order chi connectivity index (χ0) is 47.4. The molecule has 374 valence electrons. The maximum atomic E-state index is 13.6. The fourth-order valence-electron chi connectivity index (χ4n) is 15.9. The predicted molar refractivity (Wildman–Crippen MR) is 281 cm³/mol. The van der Waals surface area contributed by atoms with Crippen LogP contribution in [0.15, 0.2) is 0 Å². The largest absolute Gasteiger partial charge is 0.412 e. The van der Waals surface area contributed by atoms with Gasteiger partial charge in [0.25, 0.3) is 0 Å². The number of rotatable bonds is 31. The Balaban J connectivity index is 1.10. The fraction of sp³-hybridized carbons (Fsp3) is 0.966. The van der Waals surface area contributed by atoms with E-state index in [1.165, 1.54) is 152 Å². The highest BCUT2D eigenvalue weighted by molar-refractivity contribution is 6.74. The Hall–Kier alpha value is -0.306. The molecular formula is C58H110O4Si2. The molecule has 4 aliphatic rings. The van der Waals surface area contributed by atoms with Crippen LogP contribution in [0, 0.1) is 58.2 Å². The maximum absolute atomic E-state index is 13.6. The van der Waals surface area contributed by atoms with Crippen molar-refractivity contribution < 1.29 is 18.4 Å². The first-order valence-corrected chi connectivity index (χ1v) is 33.7. The van der Waals surface area contributed by atoms with Crippen LogP contribution in [0.25, 0.3) is 0 Å². The van der Waals surface area contributed by atoms with Crippen LogP contribution in [0.4, 0.5) is 0 Å². The van der Waals surface area contributed by atoms with Gasteiger partial charge in [0.1, 0.15) is 11.6 Å². The van der Waals surface area contributed by atoms with E-state index in [9.17, 15) is 9.59 Å².